The van der Waals surface area contributed by atoms with Crippen molar-refractivity contribution in [2.24, 2.45) is 0 Å². The number of benzene rings is 2. The molecule has 0 radical (unpaired) electrons. The fourth-order valence-corrected chi connectivity index (χ4v) is 4.91. The third-order valence-corrected chi connectivity index (χ3v) is 7.08. The molecule has 9 nitrogen and oxygen atoms in total. The SMILES string of the molecule is CN1C(=O)[C@@H](NC(=O)n2cc(Cc3cccc(F)c3)cn2)COc2ccc(OCC#CC3(O)CCCCC3)cc21. The number of aromatic nitrogens is 2. The minimum atomic E-state index is -0.952. The van der Waals surface area contributed by atoms with Gasteiger partial charge in [-0.05, 0) is 61.1 Å². The first-order valence-electron chi connectivity index (χ1n) is 13.3. The van der Waals surface area contributed by atoms with Crippen molar-refractivity contribution in [3.63, 3.8) is 0 Å². The number of rotatable bonds is 5. The number of nitrogens with one attached hydrogen (secondary N) is 1. The van der Waals surface area contributed by atoms with Crippen molar-refractivity contribution in [3.8, 4) is 23.3 Å². The van der Waals surface area contributed by atoms with Crippen LogP contribution in [0.1, 0.15) is 43.2 Å². The summed E-state index contributed by atoms with van der Waals surface area (Å²) < 4.78 is 26.2. The zero-order valence-electron chi connectivity index (χ0n) is 22.2. The molecule has 2 heterocycles. The Morgan fingerprint density at radius 3 is 2.85 bits per heavy atom. The number of nitrogens with zero attached hydrogens (tertiary/aromatic N) is 3. The fourth-order valence-electron chi connectivity index (χ4n) is 4.91. The monoisotopic (exact) mass is 546 g/mol. The van der Waals surface area contributed by atoms with E-state index in [4.69, 9.17) is 9.47 Å². The Hall–Kier alpha value is -4.36. The Kier molecular flexibility index (Phi) is 8.03. The molecule has 2 N–H and O–H groups in total. The Bertz CT molecular complexity index is 1450. The van der Waals surface area contributed by atoms with Crippen LogP contribution in [0.4, 0.5) is 14.9 Å². The van der Waals surface area contributed by atoms with Gasteiger partial charge in [0.2, 0.25) is 0 Å². The van der Waals surface area contributed by atoms with Crippen molar-refractivity contribution in [1.82, 2.24) is 15.1 Å². The van der Waals surface area contributed by atoms with Gasteiger partial charge in [0.15, 0.2) is 0 Å². The van der Waals surface area contributed by atoms with E-state index in [-0.39, 0.29) is 24.9 Å². The summed E-state index contributed by atoms with van der Waals surface area (Å²) in [5, 5.41) is 17.3. The molecule has 0 bridgehead atoms. The van der Waals surface area contributed by atoms with Crippen molar-refractivity contribution >= 4 is 17.6 Å². The first kappa shape index (κ1) is 27.2. The number of aliphatic hydroxyl groups is 1. The van der Waals surface area contributed by atoms with Crippen LogP contribution in [0.15, 0.2) is 54.9 Å². The van der Waals surface area contributed by atoms with Crippen LogP contribution in [0, 0.1) is 17.7 Å². The number of anilines is 1. The summed E-state index contributed by atoms with van der Waals surface area (Å²) >= 11 is 0. The van der Waals surface area contributed by atoms with E-state index in [1.807, 2.05) is 0 Å². The fraction of sp³-hybridized carbons (Fsp3) is 0.367. The molecule has 2 aliphatic rings. The van der Waals surface area contributed by atoms with Crippen molar-refractivity contribution < 1.29 is 28.6 Å². The molecule has 3 aromatic rings. The predicted molar refractivity (Wildman–Crippen MR) is 146 cm³/mol. The Morgan fingerprint density at radius 1 is 1.23 bits per heavy atom. The van der Waals surface area contributed by atoms with E-state index >= 15 is 0 Å². The quantitative estimate of drug-likeness (QED) is 0.473. The number of ether oxygens (including phenoxy) is 2. The molecular formula is C30H31FN4O5. The largest absolute Gasteiger partial charge is 0.489 e. The van der Waals surface area contributed by atoms with Crippen molar-refractivity contribution in [2.45, 2.75) is 50.2 Å². The van der Waals surface area contributed by atoms with Crippen LogP contribution in [-0.4, -0.2) is 58.7 Å². The van der Waals surface area contributed by atoms with E-state index < -0.39 is 17.7 Å². The second-order valence-electron chi connectivity index (χ2n) is 10.1. The molecule has 0 unspecified atom stereocenters. The highest BCUT2D eigenvalue weighted by molar-refractivity contribution is 6.00. The average Bonchev–Trinajstić information content (AvgIpc) is 3.38. The highest BCUT2D eigenvalue weighted by Gasteiger charge is 2.31. The topological polar surface area (TPSA) is 106 Å². The van der Waals surface area contributed by atoms with Gasteiger partial charge < -0.3 is 24.8 Å². The van der Waals surface area contributed by atoms with E-state index in [1.165, 1.54) is 23.2 Å². The Labute approximate surface area is 231 Å². The molecule has 40 heavy (non-hydrogen) atoms. The second-order valence-corrected chi connectivity index (χ2v) is 10.1. The molecule has 1 saturated carbocycles. The molecule has 0 spiro atoms. The Morgan fingerprint density at radius 2 is 2.05 bits per heavy atom. The zero-order chi connectivity index (χ0) is 28.1. The van der Waals surface area contributed by atoms with Gasteiger partial charge in [0.05, 0.1) is 11.9 Å². The maximum atomic E-state index is 13.5. The van der Waals surface area contributed by atoms with Crippen LogP contribution in [0.25, 0.3) is 0 Å². The number of halogens is 1. The summed E-state index contributed by atoms with van der Waals surface area (Å²) in [4.78, 5) is 27.5. The number of hydrogen-bond donors (Lipinski definition) is 2. The minimum Gasteiger partial charge on any atom is -0.489 e. The summed E-state index contributed by atoms with van der Waals surface area (Å²) in [5.41, 5.74) is 1.03. The molecule has 1 aliphatic carbocycles. The van der Waals surface area contributed by atoms with Gasteiger partial charge in [0, 0.05) is 25.7 Å². The average molecular weight is 547 g/mol. The van der Waals surface area contributed by atoms with Crippen molar-refractivity contribution in [3.05, 3.63) is 71.8 Å². The third kappa shape index (κ3) is 6.43. The molecule has 208 valence electrons. The summed E-state index contributed by atoms with van der Waals surface area (Å²) in [6, 6.07) is 9.78. The van der Waals surface area contributed by atoms with E-state index in [1.54, 1.807) is 43.6 Å². The number of carbonyl (C=O) groups is 2. The highest BCUT2D eigenvalue weighted by Crippen LogP contribution is 2.34. The van der Waals surface area contributed by atoms with Gasteiger partial charge in [-0.1, -0.05) is 30.4 Å². The number of likely N-dealkylation sites (N-methyl/N-ethyl adjacent to an activating group) is 1. The maximum Gasteiger partial charge on any atom is 0.342 e. The first-order valence-corrected chi connectivity index (χ1v) is 13.3. The van der Waals surface area contributed by atoms with E-state index in [0.717, 1.165) is 35.1 Å². The molecule has 1 atom stereocenters. The number of amides is 2. The lowest BCUT2D eigenvalue weighted by Gasteiger charge is -2.26. The molecule has 2 amide bonds. The minimum absolute atomic E-state index is 0.0659. The van der Waals surface area contributed by atoms with Gasteiger partial charge in [-0.15, -0.1) is 0 Å². The van der Waals surface area contributed by atoms with Gasteiger partial charge in [-0.3, -0.25) is 4.79 Å². The normalized spacial score (nSPS) is 18.0. The lowest BCUT2D eigenvalue weighted by atomic mass is 9.85. The van der Waals surface area contributed by atoms with Gasteiger partial charge in [-0.2, -0.15) is 9.78 Å². The number of carbonyl (C=O) groups excluding carboxylic acids is 2. The van der Waals surface area contributed by atoms with Crippen molar-refractivity contribution in [2.75, 3.05) is 25.2 Å². The molecule has 1 aromatic heterocycles. The van der Waals surface area contributed by atoms with Crippen LogP contribution in [-0.2, 0) is 11.2 Å². The van der Waals surface area contributed by atoms with Gasteiger partial charge in [0.1, 0.15) is 42.2 Å². The standard InChI is InChI=1S/C30H31FN4O5/c1-34-26-17-24(39-14-6-13-30(38)11-3-2-4-12-30)9-10-27(26)40-20-25(28(34)36)33-29(37)35-19-22(18-32-35)15-21-7-5-8-23(31)16-21/h5,7-10,16-19,25,38H,2-4,11-12,14-15,20H2,1H3,(H,33,37)/t25-/m0/s1. The molecular weight excluding hydrogens is 515 g/mol. The maximum absolute atomic E-state index is 13.5. The predicted octanol–water partition coefficient (Wildman–Crippen LogP) is 3.67. The van der Waals surface area contributed by atoms with Gasteiger partial charge in [0.25, 0.3) is 5.91 Å². The molecule has 1 fully saturated rings. The first-order chi connectivity index (χ1) is 19.3. The summed E-state index contributed by atoms with van der Waals surface area (Å²) in [6.07, 6.45) is 7.90. The van der Waals surface area contributed by atoms with Crippen LogP contribution >= 0.6 is 0 Å². The van der Waals surface area contributed by atoms with Crippen molar-refractivity contribution in [1.29, 1.82) is 0 Å². The second kappa shape index (κ2) is 11.8. The summed E-state index contributed by atoms with van der Waals surface area (Å²) in [5.74, 6) is 6.12. The number of fused-ring (bicyclic) bond motifs is 1. The van der Waals surface area contributed by atoms with E-state index in [0.29, 0.717) is 36.4 Å². The third-order valence-electron chi connectivity index (χ3n) is 7.08. The summed E-state index contributed by atoms with van der Waals surface area (Å²) in [7, 11) is 1.60. The van der Waals surface area contributed by atoms with E-state index in [9.17, 15) is 19.1 Å². The number of hydrogen-bond acceptors (Lipinski definition) is 6. The van der Waals surface area contributed by atoms with Crippen LogP contribution in [0.5, 0.6) is 11.5 Å². The molecule has 1 aliphatic heterocycles. The summed E-state index contributed by atoms with van der Waals surface area (Å²) in [6.45, 7) is 0.0347. The van der Waals surface area contributed by atoms with E-state index in [2.05, 4.69) is 22.3 Å². The van der Waals surface area contributed by atoms with Crippen LogP contribution in [0.2, 0.25) is 0 Å². The molecule has 10 heteroatoms. The molecule has 2 aromatic carbocycles. The molecule has 5 rings (SSSR count). The van der Waals surface area contributed by atoms with Gasteiger partial charge >= 0.3 is 6.03 Å². The highest BCUT2D eigenvalue weighted by atomic mass is 19.1. The Balaban J connectivity index is 1.20. The van der Waals surface area contributed by atoms with Crippen LogP contribution < -0.4 is 19.7 Å². The lowest BCUT2D eigenvalue weighted by molar-refractivity contribution is -0.120. The van der Waals surface area contributed by atoms with Gasteiger partial charge in [-0.25, -0.2) is 9.18 Å². The smallest absolute Gasteiger partial charge is 0.342 e. The molecule has 0 saturated heterocycles. The van der Waals surface area contributed by atoms with Crippen LogP contribution in [0.3, 0.4) is 0 Å². The zero-order valence-corrected chi connectivity index (χ0v) is 22.2. The lowest BCUT2D eigenvalue weighted by Crippen LogP contribution is -2.50.